The van der Waals surface area contributed by atoms with Crippen molar-refractivity contribution in [1.29, 1.82) is 0 Å². The number of nitrogens with one attached hydrogen (secondary N) is 1. The van der Waals surface area contributed by atoms with Crippen LogP contribution in [-0.2, 0) is 0 Å². The van der Waals surface area contributed by atoms with E-state index < -0.39 is 0 Å². The van der Waals surface area contributed by atoms with E-state index in [4.69, 9.17) is 11.8 Å². The molecule has 0 bridgehead atoms. The Bertz CT molecular complexity index is 496. The fourth-order valence-corrected chi connectivity index (χ4v) is 1.70. The Morgan fingerprint density at radius 2 is 1.56 bits per heavy atom. The Hall–Kier alpha value is -1.80. The van der Waals surface area contributed by atoms with Gasteiger partial charge in [0.15, 0.2) is 0 Å². The molecule has 2 aromatic rings. The van der Waals surface area contributed by atoms with Crippen LogP contribution in [0.2, 0.25) is 0 Å². The number of carbonyl (C=O) groups is 1. The third-order valence-corrected chi connectivity index (χ3v) is 2.51. The molecule has 0 aliphatic heterocycles. The first kappa shape index (κ1) is 10.7. The molecule has 2 rings (SSSR count). The molecule has 0 saturated heterocycles. The van der Waals surface area contributed by atoms with Gasteiger partial charge in [-0.15, -0.1) is 0 Å². The van der Waals surface area contributed by atoms with Crippen LogP contribution in [0.1, 0.15) is 10.4 Å². The van der Waals surface area contributed by atoms with Crippen LogP contribution in [-0.4, -0.2) is 5.91 Å². The Balaban J connectivity index is 2.53. The lowest BCUT2D eigenvalue weighted by Gasteiger charge is -2.07. The van der Waals surface area contributed by atoms with Crippen molar-refractivity contribution in [3.8, 4) is 11.1 Å². The lowest BCUT2D eigenvalue weighted by atomic mass is 9.99. The van der Waals surface area contributed by atoms with Crippen molar-refractivity contribution < 1.29 is 4.79 Å². The third-order valence-electron chi connectivity index (χ3n) is 2.34. The summed E-state index contributed by atoms with van der Waals surface area (Å²) in [4.78, 5) is 13.7. The molecular weight excluding hydrogens is 222 g/mol. The van der Waals surface area contributed by atoms with Gasteiger partial charge in [-0.25, -0.2) is 0 Å². The minimum absolute atomic E-state index is 0.291. The van der Waals surface area contributed by atoms with E-state index in [0.717, 1.165) is 11.1 Å². The minimum Gasteiger partial charge on any atom is -0.268 e. The molecule has 0 fully saturated rings. The van der Waals surface area contributed by atoms with Gasteiger partial charge in [0.2, 0.25) is 0 Å². The number of benzene rings is 2. The molecule has 0 spiro atoms. The average molecular weight is 232 g/mol. The van der Waals surface area contributed by atoms with Crippen LogP contribution in [0, 0.1) is 0 Å². The standard InChI is InChI=1S/C13H10ClNO/c14-15-13(16)12-9-5-4-8-11(12)10-6-2-1-3-7-10/h1-9H,(H,15,16). The summed E-state index contributed by atoms with van der Waals surface area (Å²) in [5, 5.41) is 0. The Morgan fingerprint density at radius 1 is 0.938 bits per heavy atom. The molecule has 1 N–H and O–H groups in total. The maximum atomic E-state index is 11.6. The van der Waals surface area contributed by atoms with Gasteiger partial charge in [-0.2, -0.15) is 0 Å². The second kappa shape index (κ2) is 4.81. The first-order chi connectivity index (χ1) is 7.83. The maximum absolute atomic E-state index is 11.6. The predicted molar refractivity (Wildman–Crippen MR) is 65.2 cm³/mol. The summed E-state index contributed by atoms with van der Waals surface area (Å²) in [5.74, 6) is -0.291. The molecule has 80 valence electrons. The zero-order valence-corrected chi connectivity index (χ0v) is 9.24. The molecule has 0 aliphatic carbocycles. The van der Waals surface area contributed by atoms with Crippen molar-refractivity contribution in [2.75, 3.05) is 0 Å². The highest BCUT2D eigenvalue weighted by molar-refractivity contribution is 6.25. The van der Waals surface area contributed by atoms with Gasteiger partial charge in [0.25, 0.3) is 5.91 Å². The normalized spacial score (nSPS) is 9.81. The van der Waals surface area contributed by atoms with Crippen molar-refractivity contribution in [2.24, 2.45) is 0 Å². The van der Waals surface area contributed by atoms with E-state index in [1.807, 2.05) is 48.5 Å². The van der Waals surface area contributed by atoms with Crippen LogP contribution < -0.4 is 4.84 Å². The van der Waals surface area contributed by atoms with Gasteiger partial charge in [0.1, 0.15) is 0 Å². The van der Waals surface area contributed by atoms with E-state index in [2.05, 4.69) is 4.84 Å². The molecule has 0 unspecified atom stereocenters. The van der Waals surface area contributed by atoms with Crippen molar-refractivity contribution >= 4 is 17.7 Å². The number of rotatable bonds is 2. The van der Waals surface area contributed by atoms with Gasteiger partial charge in [0, 0.05) is 17.3 Å². The minimum atomic E-state index is -0.291. The summed E-state index contributed by atoms with van der Waals surface area (Å²) < 4.78 is 0. The summed E-state index contributed by atoms with van der Waals surface area (Å²) in [6.07, 6.45) is 0. The van der Waals surface area contributed by atoms with Crippen molar-refractivity contribution in [3.05, 3.63) is 60.2 Å². The van der Waals surface area contributed by atoms with E-state index in [1.165, 1.54) is 0 Å². The number of hydrogen-bond acceptors (Lipinski definition) is 1. The van der Waals surface area contributed by atoms with Crippen LogP contribution in [0.4, 0.5) is 0 Å². The first-order valence-electron chi connectivity index (χ1n) is 4.88. The van der Waals surface area contributed by atoms with Crippen LogP contribution >= 0.6 is 11.8 Å². The third kappa shape index (κ3) is 2.07. The van der Waals surface area contributed by atoms with E-state index in [1.54, 1.807) is 6.07 Å². The molecule has 2 nitrogen and oxygen atoms in total. The second-order valence-electron chi connectivity index (χ2n) is 3.34. The zero-order valence-electron chi connectivity index (χ0n) is 8.48. The van der Waals surface area contributed by atoms with E-state index in [9.17, 15) is 4.79 Å². The second-order valence-corrected chi connectivity index (χ2v) is 3.52. The molecule has 0 aromatic heterocycles. The molecule has 16 heavy (non-hydrogen) atoms. The maximum Gasteiger partial charge on any atom is 0.266 e. The summed E-state index contributed by atoms with van der Waals surface area (Å²) >= 11 is 5.35. The smallest absolute Gasteiger partial charge is 0.266 e. The van der Waals surface area contributed by atoms with Crippen molar-refractivity contribution in [1.82, 2.24) is 4.84 Å². The van der Waals surface area contributed by atoms with Crippen LogP contribution in [0.5, 0.6) is 0 Å². The topological polar surface area (TPSA) is 29.1 Å². The van der Waals surface area contributed by atoms with Gasteiger partial charge in [-0.05, 0) is 17.2 Å². The number of halogens is 1. The SMILES string of the molecule is O=C(NCl)c1ccccc1-c1ccccc1. The molecule has 0 aliphatic rings. The highest BCUT2D eigenvalue weighted by Crippen LogP contribution is 2.23. The average Bonchev–Trinajstić information content (AvgIpc) is 2.39. The Kier molecular flexibility index (Phi) is 3.22. The van der Waals surface area contributed by atoms with Gasteiger partial charge in [0.05, 0.1) is 0 Å². The molecule has 3 heteroatoms. The number of hydrogen-bond donors (Lipinski definition) is 1. The van der Waals surface area contributed by atoms with Crippen molar-refractivity contribution in [2.45, 2.75) is 0 Å². The number of carbonyl (C=O) groups excluding carboxylic acids is 1. The van der Waals surface area contributed by atoms with Crippen molar-refractivity contribution in [3.63, 3.8) is 0 Å². The van der Waals surface area contributed by atoms with Gasteiger partial charge >= 0.3 is 0 Å². The summed E-state index contributed by atoms with van der Waals surface area (Å²) in [7, 11) is 0. The van der Waals surface area contributed by atoms with E-state index in [-0.39, 0.29) is 5.91 Å². The first-order valence-corrected chi connectivity index (χ1v) is 5.26. The molecule has 2 aromatic carbocycles. The summed E-state index contributed by atoms with van der Waals surface area (Å²) in [6, 6.07) is 17.1. The van der Waals surface area contributed by atoms with Gasteiger partial charge < -0.3 is 0 Å². The summed E-state index contributed by atoms with van der Waals surface area (Å²) in [6.45, 7) is 0. The van der Waals surface area contributed by atoms with E-state index in [0.29, 0.717) is 5.56 Å². The van der Waals surface area contributed by atoms with Gasteiger partial charge in [-0.3, -0.25) is 9.63 Å². The van der Waals surface area contributed by atoms with E-state index >= 15 is 0 Å². The fraction of sp³-hybridized carbons (Fsp3) is 0. The van der Waals surface area contributed by atoms with Crippen LogP contribution in [0.3, 0.4) is 0 Å². The van der Waals surface area contributed by atoms with Crippen LogP contribution in [0.25, 0.3) is 11.1 Å². The highest BCUT2D eigenvalue weighted by Gasteiger charge is 2.10. The molecular formula is C13H10ClNO. The van der Waals surface area contributed by atoms with Crippen LogP contribution in [0.15, 0.2) is 54.6 Å². The molecule has 0 radical (unpaired) electrons. The quantitative estimate of drug-likeness (QED) is 0.790. The zero-order chi connectivity index (χ0) is 11.4. The lowest BCUT2D eigenvalue weighted by Crippen LogP contribution is -2.13. The Labute approximate surface area is 99.0 Å². The molecule has 0 saturated carbocycles. The Morgan fingerprint density at radius 3 is 2.25 bits per heavy atom. The summed E-state index contributed by atoms with van der Waals surface area (Å²) in [5.41, 5.74) is 2.45. The molecule has 0 heterocycles. The highest BCUT2D eigenvalue weighted by atomic mass is 35.5. The monoisotopic (exact) mass is 231 g/mol. The largest absolute Gasteiger partial charge is 0.268 e. The fourth-order valence-electron chi connectivity index (χ4n) is 1.60. The molecule has 0 atom stereocenters. The molecule has 1 amide bonds. The van der Waals surface area contributed by atoms with Gasteiger partial charge in [-0.1, -0.05) is 48.5 Å². The number of amides is 1. The lowest BCUT2D eigenvalue weighted by molar-refractivity contribution is 0.0982. The predicted octanol–water partition coefficient (Wildman–Crippen LogP) is 3.24.